The van der Waals surface area contributed by atoms with Crippen LogP contribution in [0.15, 0.2) is 146 Å². The van der Waals surface area contributed by atoms with Gasteiger partial charge in [0.15, 0.2) is 16.6 Å². The van der Waals surface area contributed by atoms with Gasteiger partial charge in [0.2, 0.25) is 0 Å². The molecule has 4 heteroatoms. The lowest BCUT2D eigenvalue weighted by Gasteiger charge is -2.46. The third-order valence-corrected chi connectivity index (χ3v) is 22.9. The van der Waals surface area contributed by atoms with Crippen LogP contribution in [0.3, 0.4) is 0 Å². The largest absolute Gasteiger partial charge is 0.401 e. The van der Waals surface area contributed by atoms with Gasteiger partial charge in [0.05, 0.1) is 0 Å². The first-order valence-electron chi connectivity index (χ1n) is 20.6. The number of rotatable bonds is 10. The van der Waals surface area contributed by atoms with Crippen molar-refractivity contribution in [2.45, 2.75) is 114 Å². The molecule has 4 aromatic carbocycles. The molecule has 0 fully saturated rings. The summed E-state index contributed by atoms with van der Waals surface area (Å²) in [6, 6.07) is 43.0. The van der Waals surface area contributed by atoms with E-state index in [1.165, 1.54) is 44.5 Å². The van der Waals surface area contributed by atoms with Crippen LogP contribution in [-0.4, -0.2) is 16.6 Å². The Labute approximate surface area is 328 Å². The fraction of sp³-hybridized carbons (Fsp3) is 0.360. The monoisotopic (exact) mass is 748 g/mol. The highest BCUT2D eigenvalue weighted by molar-refractivity contribution is 6.74. The third-order valence-electron chi connectivity index (χ3n) is 13.7. The summed E-state index contributed by atoms with van der Waals surface area (Å²) in [5.74, 6) is 0. The normalized spacial score (nSPS) is 25.6. The molecule has 0 spiro atoms. The highest BCUT2D eigenvalue weighted by Crippen LogP contribution is 2.47. The standard InChI is InChI=1S/C50H60O2Si2/c1-9-53(10-2,11-3)51-49-34-36-50(37-35-49,52-54(12-4,13-5)14-6)46-28-26-44(27-29-46)48(8)32-30-47(7,31-33-48)43-22-18-39(19-23-43)41-16-15-17-42(38-41)40-20-24-45(49)25-21-40/h15-38H,9-14H2,1-8H3. The molecule has 0 unspecified atom stereocenters. The van der Waals surface area contributed by atoms with E-state index in [0.717, 1.165) is 36.3 Å². The Kier molecular flexibility index (Phi) is 10.5. The number of hydrogen-bond acceptors (Lipinski definition) is 2. The second-order valence-corrected chi connectivity index (χ2v) is 25.9. The van der Waals surface area contributed by atoms with E-state index in [1.54, 1.807) is 0 Å². The maximum absolute atomic E-state index is 7.60. The van der Waals surface area contributed by atoms with Crippen molar-refractivity contribution in [2.24, 2.45) is 0 Å². The Morgan fingerprint density at radius 2 is 0.667 bits per heavy atom. The lowest BCUT2D eigenvalue weighted by Crippen LogP contribution is -2.48. The molecular formula is C50H60O2Si2. The van der Waals surface area contributed by atoms with Crippen molar-refractivity contribution < 1.29 is 8.85 Å². The second-order valence-electron chi connectivity index (χ2n) is 16.5. The molecule has 0 atom stereocenters. The molecular weight excluding hydrogens is 689 g/mol. The average molecular weight is 749 g/mol. The van der Waals surface area contributed by atoms with E-state index >= 15 is 0 Å². The maximum atomic E-state index is 7.60. The molecule has 12 bridgehead atoms. The zero-order valence-corrected chi connectivity index (χ0v) is 35.9. The average Bonchev–Trinajstić information content (AvgIpc) is 3.24. The van der Waals surface area contributed by atoms with Crippen LogP contribution in [0.2, 0.25) is 36.3 Å². The predicted octanol–water partition coefficient (Wildman–Crippen LogP) is 13.9. The van der Waals surface area contributed by atoms with E-state index in [2.05, 4.69) is 201 Å². The molecule has 0 radical (unpaired) electrons. The topological polar surface area (TPSA) is 18.5 Å². The van der Waals surface area contributed by atoms with E-state index in [1.807, 2.05) is 0 Å². The second kappa shape index (κ2) is 14.7. The Morgan fingerprint density at radius 3 is 1.00 bits per heavy atom. The molecule has 0 saturated heterocycles. The molecule has 10 aliphatic rings. The van der Waals surface area contributed by atoms with E-state index in [9.17, 15) is 0 Å². The quantitative estimate of drug-likeness (QED) is 0.119. The first-order valence-corrected chi connectivity index (χ1v) is 25.7. The summed E-state index contributed by atoms with van der Waals surface area (Å²) in [5.41, 5.74) is 8.05. The lowest BCUT2D eigenvalue weighted by molar-refractivity contribution is 0.121. The van der Waals surface area contributed by atoms with Gasteiger partial charge < -0.3 is 8.85 Å². The number of hydrogen-bond donors (Lipinski definition) is 0. The zero-order valence-electron chi connectivity index (χ0n) is 33.9. The van der Waals surface area contributed by atoms with Gasteiger partial charge in [-0.15, -0.1) is 0 Å². The minimum atomic E-state index is -2.06. The Balaban J connectivity index is 1.43. The summed E-state index contributed by atoms with van der Waals surface area (Å²) in [5, 5.41) is 0. The van der Waals surface area contributed by atoms with Crippen LogP contribution < -0.4 is 0 Å². The molecule has 0 N–H and O–H groups in total. The van der Waals surface area contributed by atoms with Crippen molar-refractivity contribution in [3.8, 4) is 22.3 Å². The van der Waals surface area contributed by atoms with Gasteiger partial charge in [0, 0.05) is 10.8 Å². The Bertz CT molecular complexity index is 2010. The van der Waals surface area contributed by atoms with Gasteiger partial charge in [-0.05, 0) is 125 Å². The van der Waals surface area contributed by atoms with Crippen LogP contribution in [0.25, 0.3) is 22.3 Å². The molecule has 2 nitrogen and oxygen atoms in total. The van der Waals surface area contributed by atoms with E-state index in [0.29, 0.717) is 0 Å². The maximum Gasteiger partial charge on any atom is 0.194 e. The van der Waals surface area contributed by atoms with Crippen molar-refractivity contribution in [1.82, 2.24) is 0 Å². The smallest absolute Gasteiger partial charge is 0.194 e. The van der Waals surface area contributed by atoms with Crippen LogP contribution in [0.5, 0.6) is 0 Å². The summed E-state index contributed by atoms with van der Waals surface area (Å²) < 4.78 is 15.2. The summed E-state index contributed by atoms with van der Waals surface area (Å²) in [4.78, 5) is 0. The molecule has 280 valence electrons. The summed E-state index contributed by atoms with van der Waals surface area (Å²) in [6.07, 6.45) is 19.0. The highest BCUT2D eigenvalue weighted by Gasteiger charge is 2.46. The molecule has 54 heavy (non-hydrogen) atoms. The van der Waals surface area contributed by atoms with Crippen molar-refractivity contribution in [2.75, 3.05) is 0 Å². The Morgan fingerprint density at radius 1 is 0.370 bits per heavy atom. The summed E-state index contributed by atoms with van der Waals surface area (Å²) in [6.45, 7) is 18.6. The molecule has 0 aromatic heterocycles. The lowest BCUT2D eigenvalue weighted by atomic mass is 9.70. The van der Waals surface area contributed by atoms with Crippen LogP contribution in [0, 0.1) is 0 Å². The van der Waals surface area contributed by atoms with Crippen molar-refractivity contribution in [1.29, 1.82) is 0 Å². The molecule has 4 aromatic rings. The van der Waals surface area contributed by atoms with Crippen molar-refractivity contribution in [3.63, 3.8) is 0 Å². The fourth-order valence-electron chi connectivity index (χ4n) is 9.00. The van der Waals surface area contributed by atoms with Gasteiger partial charge in [0.1, 0.15) is 11.2 Å². The molecule has 0 aliphatic heterocycles. The van der Waals surface area contributed by atoms with E-state index in [-0.39, 0.29) is 10.8 Å². The van der Waals surface area contributed by atoms with Crippen LogP contribution in [0.4, 0.5) is 0 Å². The number of fused-ring (bicyclic) bond motifs is 1. The van der Waals surface area contributed by atoms with Crippen LogP contribution in [-0.2, 0) is 30.9 Å². The van der Waals surface area contributed by atoms with Crippen LogP contribution in [0.1, 0.15) is 77.6 Å². The van der Waals surface area contributed by atoms with Gasteiger partial charge in [0.25, 0.3) is 0 Å². The summed E-state index contributed by atoms with van der Waals surface area (Å²) in [7, 11) is -4.12. The predicted molar refractivity (Wildman–Crippen MR) is 235 cm³/mol. The summed E-state index contributed by atoms with van der Waals surface area (Å²) >= 11 is 0. The fourth-order valence-corrected chi connectivity index (χ4v) is 14.8. The van der Waals surface area contributed by atoms with Crippen molar-refractivity contribution >= 4 is 16.6 Å². The SMILES string of the molecule is CC[Si](CC)(CC)OC12C=CC(O[Si](CC)(CC)CC)(C=C1)c1ccc(cc1)C1(C)C=CC(C)(C=C1)c1ccc(cc1)-c1cccc(c1)-c1ccc2cc1. The van der Waals surface area contributed by atoms with Gasteiger partial charge >= 0.3 is 0 Å². The van der Waals surface area contributed by atoms with E-state index < -0.39 is 27.8 Å². The highest BCUT2D eigenvalue weighted by atomic mass is 28.4. The third kappa shape index (κ3) is 6.74. The molecule has 0 heterocycles. The van der Waals surface area contributed by atoms with Gasteiger partial charge in [-0.1, -0.05) is 157 Å². The van der Waals surface area contributed by atoms with Crippen molar-refractivity contribution in [3.05, 3.63) is 168 Å². The molecule has 14 rings (SSSR count). The molecule has 10 aliphatic carbocycles. The van der Waals surface area contributed by atoms with E-state index in [4.69, 9.17) is 8.85 Å². The molecule has 0 amide bonds. The first kappa shape index (κ1) is 38.5. The van der Waals surface area contributed by atoms with Crippen LogP contribution >= 0.6 is 0 Å². The number of benzene rings is 4. The molecule has 0 saturated carbocycles. The van der Waals surface area contributed by atoms with Gasteiger partial charge in [-0.25, -0.2) is 0 Å². The zero-order chi connectivity index (χ0) is 38.2. The minimum absolute atomic E-state index is 0.177. The van der Waals surface area contributed by atoms with Gasteiger partial charge in [-0.2, -0.15) is 0 Å². The Hall–Kier alpha value is -3.81. The number of allylic oxidation sites excluding steroid dienone is 4. The first-order chi connectivity index (χ1) is 26.0. The minimum Gasteiger partial charge on any atom is -0.401 e. The van der Waals surface area contributed by atoms with Gasteiger partial charge in [-0.3, -0.25) is 0 Å².